The highest BCUT2D eigenvalue weighted by Gasteiger charge is 2.60. The number of amides is 1. The van der Waals surface area contributed by atoms with Gasteiger partial charge in [-0.1, -0.05) is 54.6 Å². The minimum absolute atomic E-state index is 0.0800. The second-order valence-corrected chi connectivity index (χ2v) is 7.45. The van der Waals surface area contributed by atoms with E-state index in [2.05, 4.69) is 5.32 Å². The van der Waals surface area contributed by atoms with Gasteiger partial charge in [0, 0.05) is 27.8 Å². The summed E-state index contributed by atoms with van der Waals surface area (Å²) in [4.78, 5) is 27.3. The van der Waals surface area contributed by atoms with Crippen molar-refractivity contribution in [3.63, 3.8) is 0 Å². The molecular formula is C24H13N3O3. The molecule has 0 saturated heterocycles. The molecule has 1 amide bonds. The standard InChI is InChI=1S/C24H13N3O3/c25-11-16-22(26)30-21-14-8-4-6-12-5-3-7-13(18(12)14)20(28)19(21)24(16)15-9-1-2-10-17(15)27-23(24)29/h1-10H,26H2,(H,27,29). The number of hydrogen-bond donors (Lipinski definition) is 2. The zero-order chi connectivity index (χ0) is 20.6. The number of ether oxygens (including phenoxy) is 1. The summed E-state index contributed by atoms with van der Waals surface area (Å²) in [5, 5.41) is 14.4. The molecule has 0 radical (unpaired) electrons. The van der Waals surface area contributed by atoms with E-state index in [4.69, 9.17) is 10.5 Å². The lowest BCUT2D eigenvalue weighted by Gasteiger charge is -2.37. The van der Waals surface area contributed by atoms with E-state index in [0.29, 0.717) is 22.4 Å². The van der Waals surface area contributed by atoms with Crippen LogP contribution in [-0.2, 0) is 14.9 Å². The molecule has 3 aliphatic rings. The van der Waals surface area contributed by atoms with Crippen LogP contribution >= 0.6 is 0 Å². The molecule has 1 spiro atoms. The molecule has 0 saturated carbocycles. The highest BCUT2D eigenvalue weighted by atomic mass is 16.5. The monoisotopic (exact) mass is 391 g/mol. The van der Waals surface area contributed by atoms with Crippen LogP contribution in [0.3, 0.4) is 0 Å². The second-order valence-electron chi connectivity index (χ2n) is 7.45. The number of fused-ring (bicyclic) bond motifs is 4. The maximum absolute atomic E-state index is 13.8. The van der Waals surface area contributed by atoms with Crippen molar-refractivity contribution in [3.8, 4) is 6.07 Å². The summed E-state index contributed by atoms with van der Waals surface area (Å²) in [7, 11) is 0. The minimum atomic E-state index is -1.66. The van der Waals surface area contributed by atoms with Crippen molar-refractivity contribution in [3.05, 3.63) is 94.4 Å². The Kier molecular flexibility index (Phi) is 2.96. The molecule has 1 aliphatic carbocycles. The highest BCUT2D eigenvalue weighted by molar-refractivity contribution is 6.30. The van der Waals surface area contributed by atoms with Crippen molar-refractivity contribution in [1.29, 1.82) is 5.26 Å². The fraction of sp³-hybridized carbons (Fsp3) is 0.0417. The van der Waals surface area contributed by atoms with Gasteiger partial charge in [0.1, 0.15) is 22.8 Å². The van der Waals surface area contributed by atoms with Crippen molar-refractivity contribution in [2.24, 2.45) is 5.73 Å². The van der Waals surface area contributed by atoms with Crippen LogP contribution in [0, 0.1) is 11.3 Å². The number of anilines is 1. The molecule has 1 atom stereocenters. The van der Waals surface area contributed by atoms with Crippen LogP contribution in [0.15, 0.2) is 77.7 Å². The Labute approximate surface area is 170 Å². The molecule has 6 nitrogen and oxygen atoms in total. The normalized spacial score (nSPS) is 21.3. The number of Topliss-reactive ketones (excluding diaryl/α,β-unsaturated/α-hetero) is 1. The van der Waals surface area contributed by atoms with E-state index in [1.165, 1.54) is 0 Å². The summed E-state index contributed by atoms with van der Waals surface area (Å²) in [6.07, 6.45) is 0. The van der Waals surface area contributed by atoms with Gasteiger partial charge in [-0.3, -0.25) is 9.59 Å². The van der Waals surface area contributed by atoms with E-state index in [-0.39, 0.29) is 28.6 Å². The van der Waals surface area contributed by atoms with E-state index in [1.807, 2.05) is 30.3 Å². The largest absolute Gasteiger partial charge is 0.439 e. The molecule has 3 aromatic rings. The Hall–Kier alpha value is -4.37. The number of benzene rings is 3. The van der Waals surface area contributed by atoms with Gasteiger partial charge in [-0.25, -0.2) is 0 Å². The fourth-order valence-electron chi connectivity index (χ4n) is 4.90. The molecule has 3 aromatic carbocycles. The zero-order valence-corrected chi connectivity index (χ0v) is 15.5. The smallest absolute Gasteiger partial charge is 0.245 e. The third kappa shape index (κ3) is 1.69. The minimum Gasteiger partial charge on any atom is -0.439 e. The molecule has 0 fully saturated rings. The van der Waals surface area contributed by atoms with Crippen molar-refractivity contribution in [2.45, 2.75) is 5.41 Å². The van der Waals surface area contributed by atoms with E-state index < -0.39 is 11.3 Å². The van der Waals surface area contributed by atoms with Crippen molar-refractivity contribution < 1.29 is 14.3 Å². The van der Waals surface area contributed by atoms with Crippen LogP contribution in [0.4, 0.5) is 5.69 Å². The predicted molar refractivity (Wildman–Crippen MR) is 110 cm³/mol. The summed E-state index contributed by atoms with van der Waals surface area (Å²) in [5.41, 5.74) is 6.77. The van der Waals surface area contributed by atoms with Crippen molar-refractivity contribution in [2.75, 3.05) is 5.32 Å². The highest BCUT2D eigenvalue weighted by Crippen LogP contribution is 2.56. The van der Waals surface area contributed by atoms with Gasteiger partial charge >= 0.3 is 0 Å². The molecule has 6 heteroatoms. The number of nitrogens with zero attached hydrogens (tertiary/aromatic N) is 1. The molecule has 2 aliphatic heterocycles. The third-order valence-corrected chi connectivity index (χ3v) is 6.09. The van der Waals surface area contributed by atoms with E-state index in [0.717, 1.165) is 10.8 Å². The zero-order valence-electron chi connectivity index (χ0n) is 15.5. The molecular weight excluding hydrogens is 378 g/mol. The van der Waals surface area contributed by atoms with E-state index in [9.17, 15) is 14.9 Å². The van der Waals surface area contributed by atoms with Crippen LogP contribution in [0.5, 0.6) is 0 Å². The Bertz CT molecular complexity index is 1450. The number of carbonyl (C=O) groups is 2. The van der Waals surface area contributed by atoms with Gasteiger partial charge in [0.15, 0.2) is 5.78 Å². The first kappa shape index (κ1) is 16.6. The van der Waals surface area contributed by atoms with Gasteiger partial charge in [0.05, 0.1) is 5.57 Å². The Morgan fingerprint density at radius 2 is 1.70 bits per heavy atom. The molecule has 0 bridgehead atoms. The summed E-state index contributed by atoms with van der Waals surface area (Å²) in [6.45, 7) is 0. The molecule has 6 rings (SSSR count). The number of para-hydroxylation sites is 1. The van der Waals surface area contributed by atoms with Gasteiger partial charge in [-0.05, 0) is 11.5 Å². The number of ketones is 1. The number of rotatable bonds is 0. The molecule has 142 valence electrons. The van der Waals surface area contributed by atoms with Crippen LogP contribution in [0.2, 0.25) is 0 Å². The summed E-state index contributed by atoms with van der Waals surface area (Å²) < 4.78 is 5.88. The summed E-state index contributed by atoms with van der Waals surface area (Å²) >= 11 is 0. The number of carbonyl (C=O) groups excluding carboxylic acids is 2. The lowest BCUT2D eigenvalue weighted by molar-refractivity contribution is -0.118. The van der Waals surface area contributed by atoms with Gasteiger partial charge < -0.3 is 15.8 Å². The quantitative estimate of drug-likeness (QED) is 0.611. The Morgan fingerprint density at radius 3 is 2.47 bits per heavy atom. The number of hydrogen-bond acceptors (Lipinski definition) is 5. The first-order valence-corrected chi connectivity index (χ1v) is 9.39. The van der Waals surface area contributed by atoms with Gasteiger partial charge in [-0.15, -0.1) is 0 Å². The Balaban J connectivity index is 1.81. The van der Waals surface area contributed by atoms with Crippen LogP contribution in [0.1, 0.15) is 21.5 Å². The molecule has 3 N–H and O–H groups in total. The van der Waals surface area contributed by atoms with E-state index in [1.54, 1.807) is 36.4 Å². The lowest BCUT2D eigenvalue weighted by Crippen LogP contribution is -2.46. The maximum Gasteiger partial charge on any atom is 0.245 e. The number of nitrogens with one attached hydrogen (secondary N) is 1. The molecule has 1 unspecified atom stereocenters. The SMILES string of the molecule is N#CC1=C(N)OC2=C(C(=O)c3cccc4cccc2c34)C12C(=O)Nc1ccccc12. The summed E-state index contributed by atoms with van der Waals surface area (Å²) in [6, 6.07) is 20.1. The van der Waals surface area contributed by atoms with Crippen LogP contribution in [0.25, 0.3) is 16.5 Å². The second kappa shape index (κ2) is 5.37. The van der Waals surface area contributed by atoms with Gasteiger partial charge in [0.25, 0.3) is 0 Å². The number of nitrogens with two attached hydrogens (primary N) is 1. The summed E-state index contributed by atoms with van der Waals surface area (Å²) in [5.74, 6) is -0.778. The predicted octanol–water partition coefficient (Wildman–Crippen LogP) is 3.36. The Morgan fingerprint density at radius 1 is 0.967 bits per heavy atom. The average Bonchev–Trinajstić information content (AvgIpc) is 3.04. The van der Waals surface area contributed by atoms with Crippen molar-refractivity contribution >= 4 is 33.9 Å². The van der Waals surface area contributed by atoms with Gasteiger partial charge in [0.2, 0.25) is 11.8 Å². The fourth-order valence-corrected chi connectivity index (χ4v) is 4.90. The van der Waals surface area contributed by atoms with Crippen molar-refractivity contribution in [1.82, 2.24) is 0 Å². The van der Waals surface area contributed by atoms with E-state index >= 15 is 0 Å². The molecule has 30 heavy (non-hydrogen) atoms. The maximum atomic E-state index is 13.8. The molecule has 2 heterocycles. The first-order valence-electron chi connectivity index (χ1n) is 9.39. The van der Waals surface area contributed by atoms with Crippen LogP contribution < -0.4 is 11.1 Å². The first-order chi connectivity index (χ1) is 14.6. The number of nitriles is 1. The lowest BCUT2D eigenvalue weighted by atomic mass is 9.64. The average molecular weight is 391 g/mol. The molecule has 0 aromatic heterocycles. The topological polar surface area (TPSA) is 105 Å². The van der Waals surface area contributed by atoms with Gasteiger partial charge in [-0.2, -0.15) is 5.26 Å². The third-order valence-electron chi connectivity index (χ3n) is 6.09. The van der Waals surface area contributed by atoms with Crippen LogP contribution in [-0.4, -0.2) is 11.7 Å².